The van der Waals surface area contributed by atoms with Crippen molar-refractivity contribution in [3.05, 3.63) is 48.0 Å². The molecule has 0 atom stereocenters. The van der Waals surface area contributed by atoms with Gasteiger partial charge in [0.05, 0.1) is 21.3 Å². The summed E-state index contributed by atoms with van der Waals surface area (Å²) < 4.78 is 20.4. The van der Waals surface area contributed by atoms with Crippen molar-refractivity contribution >= 4 is 17.6 Å². The lowest BCUT2D eigenvalue weighted by Gasteiger charge is -2.12. The van der Waals surface area contributed by atoms with E-state index in [1.165, 1.54) is 21.3 Å². The van der Waals surface area contributed by atoms with Gasteiger partial charge in [0.2, 0.25) is 0 Å². The molecule has 7 nitrogen and oxygen atoms in total. The van der Waals surface area contributed by atoms with E-state index in [1.807, 2.05) is 0 Å². The van der Waals surface area contributed by atoms with Gasteiger partial charge in [0.15, 0.2) is 6.61 Å². The van der Waals surface area contributed by atoms with Gasteiger partial charge in [-0.25, -0.2) is 4.79 Å². The van der Waals surface area contributed by atoms with Crippen molar-refractivity contribution in [1.29, 1.82) is 0 Å². The molecule has 0 fully saturated rings. The number of carbonyl (C=O) groups is 2. The fourth-order valence-corrected chi connectivity index (χ4v) is 2.15. The van der Waals surface area contributed by atoms with E-state index in [9.17, 15) is 9.59 Å². The van der Waals surface area contributed by atoms with Crippen LogP contribution in [0.5, 0.6) is 17.2 Å². The van der Waals surface area contributed by atoms with Gasteiger partial charge in [-0.1, -0.05) is 12.1 Å². The molecule has 0 aliphatic heterocycles. The van der Waals surface area contributed by atoms with Crippen LogP contribution in [0.4, 0.5) is 5.69 Å². The highest BCUT2D eigenvalue weighted by Gasteiger charge is 2.20. The molecule has 0 bridgehead atoms. The predicted octanol–water partition coefficient (Wildman–Crippen LogP) is 2.51. The van der Waals surface area contributed by atoms with E-state index in [-0.39, 0.29) is 5.56 Å². The van der Waals surface area contributed by atoms with Crippen molar-refractivity contribution in [2.24, 2.45) is 0 Å². The molecule has 0 aliphatic rings. The van der Waals surface area contributed by atoms with Gasteiger partial charge in [-0.05, 0) is 24.3 Å². The first kappa shape index (κ1) is 18.1. The van der Waals surface area contributed by atoms with Crippen LogP contribution in [-0.4, -0.2) is 39.8 Å². The molecule has 0 heterocycles. The van der Waals surface area contributed by atoms with Gasteiger partial charge in [-0.3, -0.25) is 4.79 Å². The summed E-state index contributed by atoms with van der Waals surface area (Å²) in [6.45, 7) is -0.447. The predicted molar refractivity (Wildman–Crippen MR) is 91.5 cm³/mol. The molecule has 0 saturated carbocycles. The average Bonchev–Trinajstić information content (AvgIpc) is 2.65. The van der Waals surface area contributed by atoms with Crippen LogP contribution in [0.3, 0.4) is 0 Å². The number of methoxy groups -OCH3 is 3. The van der Waals surface area contributed by atoms with Crippen LogP contribution in [-0.2, 0) is 9.53 Å². The second kappa shape index (κ2) is 8.58. The molecule has 2 aromatic rings. The number of ether oxygens (including phenoxy) is 4. The zero-order chi connectivity index (χ0) is 18.2. The van der Waals surface area contributed by atoms with E-state index in [0.717, 1.165) is 0 Å². The van der Waals surface area contributed by atoms with Crippen LogP contribution in [0.1, 0.15) is 10.4 Å². The lowest BCUT2D eigenvalue weighted by atomic mass is 10.2. The molecule has 2 aromatic carbocycles. The van der Waals surface area contributed by atoms with Crippen molar-refractivity contribution in [2.75, 3.05) is 33.3 Å². The van der Waals surface area contributed by atoms with Gasteiger partial charge in [-0.2, -0.15) is 0 Å². The van der Waals surface area contributed by atoms with Crippen LogP contribution in [0.25, 0.3) is 0 Å². The average molecular weight is 345 g/mol. The highest BCUT2D eigenvalue weighted by molar-refractivity contribution is 5.98. The second-order valence-electron chi connectivity index (χ2n) is 4.89. The molecular weight excluding hydrogens is 326 g/mol. The Morgan fingerprint density at radius 2 is 1.56 bits per heavy atom. The minimum atomic E-state index is -0.713. The van der Waals surface area contributed by atoms with Crippen molar-refractivity contribution in [3.63, 3.8) is 0 Å². The van der Waals surface area contributed by atoms with E-state index in [4.69, 9.17) is 18.9 Å². The molecule has 2 rings (SSSR count). The second-order valence-corrected chi connectivity index (χ2v) is 4.89. The van der Waals surface area contributed by atoms with Crippen LogP contribution in [0, 0.1) is 0 Å². The summed E-state index contributed by atoms with van der Waals surface area (Å²) in [4.78, 5) is 24.2. The van der Waals surface area contributed by atoms with Crippen LogP contribution in [0.2, 0.25) is 0 Å². The van der Waals surface area contributed by atoms with E-state index in [0.29, 0.717) is 22.9 Å². The summed E-state index contributed by atoms with van der Waals surface area (Å²) in [5.41, 5.74) is 0.664. The van der Waals surface area contributed by atoms with Gasteiger partial charge in [0.1, 0.15) is 22.8 Å². The number of anilines is 1. The fourth-order valence-electron chi connectivity index (χ4n) is 2.15. The third-order valence-electron chi connectivity index (χ3n) is 3.32. The smallest absolute Gasteiger partial charge is 0.346 e. The number of nitrogens with one attached hydrogen (secondary N) is 1. The molecule has 0 unspecified atom stereocenters. The van der Waals surface area contributed by atoms with Crippen LogP contribution < -0.4 is 19.5 Å². The first-order chi connectivity index (χ1) is 12.1. The summed E-state index contributed by atoms with van der Waals surface area (Å²) in [6, 6.07) is 11.7. The summed E-state index contributed by atoms with van der Waals surface area (Å²) in [7, 11) is 4.39. The molecule has 25 heavy (non-hydrogen) atoms. The monoisotopic (exact) mass is 345 g/mol. The molecule has 1 N–H and O–H groups in total. The molecule has 0 saturated heterocycles. The molecule has 0 aromatic heterocycles. The van der Waals surface area contributed by atoms with Gasteiger partial charge >= 0.3 is 5.97 Å². The van der Waals surface area contributed by atoms with Crippen LogP contribution >= 0.6 is 0 Å². The third-order valence-corrected chi connectivity index (χ3v) is 3.32. The Morgan fingerprint density at radius 1 is 0.920 bits per heavy atom. The molecular formula is C18H19NO6. The normalized spacial score (nSPS) is 9.88. The Kier molecular flexibility index (Phi) is 6.22. The number of carbonyl (C=O) groups excluding carboxylic acids is 2. The Labute approximate surface area is 145 Å². The Balaban J connectivity index is 2.01. The maximum Gasteiger partial charge on any atom is 0.346 e. The number of amides is 1. The lowest BCUT2D eigenvalue weighted by molar-refractivity contribution is -0.119. The fraction of sp³-hybridized carbons (Fsp3) is 0.222. The Hall–Kier alpha value is -3.22. The topological polar surface area (TPSA) is 83.1 Å². The van der Waals surface area contributed by atoms with Gasteiger partial charge in [0, 0.05) is 11.8 Å². The summed E-state index contributed by atoms with van der Waals surface area (Å²) in [5, 5.41) is 2.62. The first-order valence-electron chi connectivity index (χ1n) is 7.41. The van der Waals surface area contributed by atoms with Crippen molar-refractivity contribution in [3.8, 4) is 17.2 Å². The maximum atomic E-state index is 12.3. The van der Waals surface area contributed by atoms with Crippen LogP contribution in [0.15, 0.2) is 42.5 Å². The number of benzene rings is 2. The molecule has 0 spiro atoms. The van der Waals surface area contributed by atoms with Crippen molar-refractivity contribution in [2.45, 2.75) is 0 Å². The molecule has 7 heteroatoms. The van der Waals surface area contributed by atoms with Crippen molar-refractivity contribution in [1.82, 2.24) is 0 Å². The zero-order valence-corrected chi connectivity index (χ0v) is 14.2. The molecule has 0 aliphatic carbocycles. The molecule has 1 amide bonds. The minimum absolute atomic E-state index is 0.127. The summed E-state index contributed by atoms with van der Waals surface area (Å²) in [6.07, 6.45) is 0. The number of hydrogen-bond donors (Lipinski definition) is 1. The van der Waals surface area contributed by atoms with Gasteiger partial charge in [-0.15, -0.1) is 0 Å². The number of rotatable bonds is 7. The Morgan fingerprint density at radius 3 is 2.16 bits per heavy atom. The maximum absolute atomic E-state index is 12.3. The van der Waals surface area contributed by atoms with E-state index in [2.05, 4.69) is 5.32 Å². The highest BCUT2D eigenvalue weighted by atomic mass is 16.5. The summed E-state index contributed by atoms with van der Waals surface area (Å²) in [5.74, 6) is 0.0224. The number of hydrogen-bond acceptors (Lipinski definition) is 6. The minimum Gasteiger partial charge on any atom is -0.497 e. The lowest BCUT2D eigenvalue weighted by Crippen LogP contribution is -2.21. The zero-order valence-electron chi connectivity index (χ0n) is 14.2. The van der Waals surface area contributed by atoms with Gasteiger partial charge in [0.25, 0.3) is 5.91 Å². The quantitative estimate of drug-likeness (QED) is 0.777. The highest BCUT2D eigenvalue weighted by Crippen LogP contribution is 2.28. The van der Waals surface area contributed by atoms with E-state index >= 15 is 0 Å². The van der Waals surface area contributed by atoms with Crippen molar-refractivity contribution < 1.29 is 28.5 Å². The standard InChI is InChI=1S/C18H19NO6/c1-22-13-7-4-6-12(10-13)19-16(20)11-25-18(21)17-14(23-2)8-5-9-15(17)24-3/h4-10H,11H2,1-3H3,(H,19,20). The van der Waals surface area contributed by atoms with E-state index < -0.39 is 18.5 Å². The third kappa shape index (κ3) is 4.63. The van der Waals surface area contributed by atoms with Gasteiger partial charge < -0.3 is 24.3 Å². The van der Waals surface area contributed by atoms with E-state index in [1.54, 1.807) is 42.5 Å². The SMILES string of the molecule is COc1cccc(NC(=O)COC(=O)c2c(OC)cccc2OC)c1. The largest absolute Gasteiger partial charge is 0.497 e. The number of esters is 1. The Bertz CT molecular complexity index is 737. The molecule has 0 radical (unpaired) electrons. The first-order valence-corrected chi connectivity index (χ1v) is 7.41. The summed E-state index contributed by atoms with van der Waals surface area (Å²) >= 11 is 0. The molecule has 132 valence electrons.